The summed E-state index contributed by atoms with van der Waals surface area (Å²) in [5.41, 5.74) is 16.7. The first-order valence-electron chi connectivity index (χ1n) is 19.5. The highest BCUT2D eigenvalue weighted by Gasteiger charge is 2.22. The highest BCUT2D eigenvalue weighted by atomic mass is 14.9. The van der Waals surface area contributed by atoms with E-state index in [9.17, 15) is 0 Å². The van der Waals surface area contributed by atoms with Gasteiger partial charge in [-0.3, -0.25) is 4.98 Å². The van der Waals surface area contributed by atoms with Crippen LogP contribution in [0.15, 0.2) is 188 Å². The Hall–Kier alpha value is -7.89. The molecule has 7 aromatic carbocycles. The van der Waals surface area contributed by atoms with Crippen molar-refractivity contribution >= 4 is 43.5 Å². The van der Waals surface area contributed by atoms with Gasteiger partial charge in [-0.2, -0.15) is 0 Å². The van der Waals surface area contributed by atoms with Crippen LogP contribution in [0.5, 0.6) is 0 Å². The van der Waals surface area contributed by atoms with Gasteiger partial charge in [0, 0.05) is 50.8 Å². The molecule has 5 nitrogen and oxygen atoms in total. The maximum absolute atomic E-state index is 5.31. The largest absolute Gasteiger partial charge is 0.264 e. The van der Waals surface area contributed by atoms with Crippen LogP contribution in [0.4, 0.5) is 0 Å². The smallest absolute Gasteiger partial charge is 0.161 e. The third-order valence-electron chi connectivity index (χ3n) is 11.5. The zero-order chi connectivity index (χ0) is 38.2. The molecule has 0 bridgehead atoms. The third-order valence-corrected chi connectivity index (χ3v) is 11.5. The Morgan fingerprint density at radius 2 is 0.983 bits per heavy atom. The van der Waals surface area contributed by atoms with Gasteiger partial charge in [-0.1, -0.05) is 127 Å². The molecule has 0 aliphatic heterocycles. The van der Waals surface area contributed by atoms with Crippen LogP contribution in [0.1, 0.15) is 0 Å². The second kappa shape index (κ2) is 12.8. The van der Waals surface area contributed by atoms with Crippen LogP contribution in [0.2, 0.25) is 0 Å². The van der Waals surface area contributed by atoms with E-state index in [2.05, 4.69) is 151 Å². The number of pyridine rings is 3. The lowest BCUT2D eigenvalue weighted by molar-refractivity contribution is 1.21. The molecule has 0 saturated carbocycles. The maximum Gasteiger partial charge on any atom is 0.161 e. The van der Waals surface area contributed by atoms with Crippen LogP contribution in [0.3, 0.4) is 0 Å². The Morgan fingerprint density at radius 1 is 0.345 bits per heavy atom. The van der Waals surface area contributed by atoms with Gasteiger partial charge < -0.3 is 0 Å². The molecule has 0 unspecified atom stereocenters. The predicted molar refractivity (Wildman–Crippen MR) is 237 cm³/mol. The second-order valence-electron chi connectivity index (χ2n) is 14.9. The van der Waals surface area contributed by atoms with E-state index in [1.807, 2.05) is 36.5 Å². The van der Waals surface area contributed by atoms with Crippen molar-refractivity contribution in [2.75, 3.05) is 0 Å². The zero-order valence-corrected chi connectivity index (χ0v) is 31.1. The van der Waals surface area contributed by atoms with E-state index in [4.69, 9.17) is 19.9 Å². The molecule has 58 heavy (non-hydrogen) atoms. The number of nitrogens with zero attached hydrogens (tertiary/aromatic N) is 5. The first kappa shape index (κ1) is 32.4. The van der Waals surface area contributed by atoms with Crippen molar-refractivity contribution < 1.29 is 0 Å². The van der Waals surface area contributed by atoms with Gasteiger partial charge in [0.05, 0.1) is 33.6 Å². The molecular formula is C53H31N5. The van der Waals surface area contributed by atoms with Crippen molar-refractivity contribution in [1.82, 2.24) is 24.9 Å². The van der Waals surface area contributed by atoms with Crippen molar-refractivity contribution in [3.8, 4) is 78.5 Å². The number of hydrogen-bond donors (Lipinski definition) is 0. The van der Waals surface area contributed by atoms with Crippen molar-refractivity contribution in [2.45, 2.75) is 0 Å². The fraction of sp³-hybridized carbons (Fsp3) is 0. The molecule has 0 radical (unpaired) electrons. The van der Waals surface area contributed by atoms with Crippen LogP contribution in [-0.4, -0.2) is 24.9 Å². The van der Waals surface area contributed by atoms with Gasteiger partial charge in [0.25, 0.3) is 0 Å². The Bertz CT molecular complexity index is 3450. The van der Waals surface area contributed by atoms with Gasteiger partial charge in [0.1, 0.15) is 0 Å². The van der Waals surface area contributed by atoms with E-state index in [-0.39, 0.29) is 0 Å². The van der Waals surface area contributed by atoms with Crippen LogP contribution in [0, 0.1) is 0 Å². The fourth-order valence-corrected chi connectivity index (χ4v) is 8.65. The van der Waals surface area contributed by atoms with Gasteiger partial charge in [-0.05, 0) is 92.7 Å². The summed E-state index contributed by atoms with van der Waals surface area (Å²) < 4.78 is 0. The minimum absolute atomic E-state index is 0.654. The van der Waals surface area contributed by atoms with Gasteiger partial charge >= 0.3 is 0 Å². The molecule has 0 atom stereocenters. The minimum Gasteiger partial charge on any atom is -0.264 e. The fourth-order valence-electron chi connectivity index (χ4n) is 8.65. The molecule has 0 saturated heterocycles. The molecule has 0 fully saturated rings. The minimum atomic E-state index is 0.654. The summed E-state index contributed by atoms with van der Waals surface area (Å²) in [4.78, 5) is 25.0. The summed E-state index contributed by atoms with van der Waals surface area (Å²) in [5.74, 6) is 0.654. The lowest BCUT2D eigenvalue weighted by atomic mass is 9.97. The Morgan fingerprint density at radius 3 is 1.74 bits per heavy atom. The van der Waals surface area contributed by atoms with Gasteiger partial charge in [0.2, 0.25) is 0 Å². The summed E-state index contributed by atoms with van der Waals surface area (Å²) in [6, 6.07) is 62.0. The number of benzene rings is 7. The van der Waals surface area contributed by atoms with Crippen LogP contribution in [-0.2, 0) is 0 Å². The lowest BCUT2D eigenvalue weighted by Crippen LogP contribution is -1.96. The SMILES string of the molecule is c1ccc(-c2nc(-c3cccnc3)nc3ccc(-c4cccc(-c5ccc6ccc7ccc(-c8ccc9c(c8)-c8cccc%10cccc-9c8%10)nc7c6n5)c4)cc23)cc1. The van der Waals surface area contributed by atoms with Crippen molar-refractivity contribution in [2.24, 2.45) is 0 Å². The average molecular weight is 738 g/mol. The van der Waals surface area contributed by atoms with Crippen molar-refractivity contribution in [3.63, 3.8) is 0 Å². The molecule has 1 aliphatic rings. The number of hydrogen-bond acceptors (Lipinski definition) is 5. The van der Waals surface area contributed by atoms with Crippen molar-refractivity contribution in [1.29, 1.82) is 0 Å². The van der Waals surface area contributed by atoms with Crippen LogP contribution >= 0.6 is 0 Å². The maximum atomic E-state index is 5.31. The highest BCUT2D eigenvalue weighted by Crippen LogP contribution is 2.48. The Balaban J connectivity index is 0.939. The molecule has 5 heteroatoms. The monoisotopic (exact) mass is 737 g/mol. The van der Waals surface area contributed by atoms with Gasteiger partial charge in [-0.25, -0.2) is 19.9 Å². The normalized spacial score (nSPS) is 11.8. The molecule has 0 amide bonds. The zero-order valence-electron chi connectivity index (χ0n) is 31.1. The average Bonchev–Trinajstić information content (AvgIpc) is 3.62. The number of aromatic nitrogens is 5. The first-order valence-corrected chi connectivity index (χ1v) is 19.5. The molecule has 12 rings (SSSR count). The second-order valence-corrected chi connectivity index (χ2v) is 14.9. The summed E-state index contributed by atoms with van der Waals surface area (Å²) in [5, 5.41) is 5.71. The standard InChI is InChI=1S/C53H31N5/c1-2-8-33(9-3-1)50-45-29-37(22-26-48(45)57-53(58-50)40-14-7-27-54-31-40)36-12-4-13-38(28-36)46-24-20-34-17-18-35-21-25-47(56-52(35)51(34)55-46)39-19-23-41-42-15-5-10-32-11-6-16-43(49(32)42)44(41)30-39/h1-31H. The molecule has 0 spiro atoms. The quantitative estimate of drug-likeness (QED) is 0.165. The van der Waals surface area contributed by atoms with E-state index >= 15 is 0 Å². The lowest BCUT2D eigenvalue weighted by Gasteiger charge is -2.12. The molecule has 1 aliphatic carbocycles. The van der Waals surface area contributed by atoms with Crippen molar-refractivity contribution in [3.05, 3.63) is 188 Å². The molecular weight excluding hydrogens is 707 g/mol. The Kier molecular flexibility index (Phi) is 7.16. The van der Waals surface area contributed by atoms with Crippen LogP contribution < -0.4 is 0 Å². The third kappa shape index (κ3) is 5.21. The summed E-state index contributed by atoms with van der Waals surface area (Å²) in [6.45, 7) is 0. The summed E-state index contributed by atoms with van der Waals surface area (Å²) in [7, 11) is 0. The van der Waals surface area contributed by atoms with E-state index in [1.165, 1.54) is 33.0 Å². The van der Waals surface area contributed by atoms with E-state index in [0.717, 1.165) is 83.2 Å². The van der Waals surface area contributed by atoms with E-state index in [1.54, 1.807) is 6.20 Å². The topological polar surface area (TPSA) is 64.5 Å². The summed E-state index contributed by atoms with van der Waals surface area (Å²) in [6.07, 6.45) is 3.57. The molecule has 4 aromatic heterocycles. The molecule has 11 aromatic rings. The first-order chi connectivity index (χ1) is 28.7. The molecule has 0 N–H and O–H groups in total. The molecule has 268 valence electrons. The van der Waals surface area contributed by atoms with Gasteiger partial charge in [-0.15, -0.1) is 0 Å². The van der Waals surface area contributed by atoms with E-state index in [0.29, 0.717) is 5.82 Å². The van der Waals surface area contributed by atoms with Gasteiger partial charge in [0.15, 0.2) is 5.82 Å². The summed E-state index contributed by atoms with van der Waals surface area (Å²) >= 11 is 0. The van der Waals surface area contributed by atoms with E-state index < -0.39 is 0 Å². The Labute approximate surface area is 334 Å². The molecule has 4 heterocycles. The predicted octanol–water partition coefficient (Wildman–Crippen LogP) is 13.3. The number of rotatable bonds is 5. The van der Waals surface area contributed by atoms with Crippen LogP contribution in [0.25, 0.3) is 122 Å². The number of fused-ring (bicyclic) bond motifs is 7. The highest BCUT2D eigenvalue weighted by molar-refractivity contribution is 6.15.